The summed E-state index contributed by atoms with van der Waals surface area (Å²) < 4.78 is 0. The van der Waals surface area contributed by atoms with Crippen LogP contribution in [0.15, 0.2) is 15.8 Å². The summed E-state index contributed by atoms with van der Waals surface area (Å²) in [6.45, 7) is 2.66. The highest BCUT2D eigenvalue weighted by Crippen LogP contribution is 2.29. The zero-order valence-corrected chi connectivity index (χ0v) is 11.9. The summed E-state index contributed by atoms with van der Waals surface area (Å²) in [4.78, 5) is 41.7. The molecule has 0 bridgehead atoms. The van der Waals surface area contributed by atoms with Gasteiger partial charge in [-0.25, -0.2) is 4.79 Å². The van der Waals surface area contributed by atoms with Gasteiger partial charge in [0.1, 0.15) is 5.56 Å². The van der Waals surface area contributed by atoms with Gasteiger partial charge in [0.25, 0.3) is 11.5 Å². The summed E-state index contributed by atoms with van der Waals surface area (Å²) in [7, 11) is 0. The predicted octanol–water partition coefficient (Wildman–Crippen LogP) is -0.333. The molecular formula is C14H20N4O3. The van der Waals surface area contributed by atoms with Crippen molar-refractivity contribution in [3.63, 3.8) is 0 Å². The average Bonchev–Trinajstić information content (AvgIpc) is 3.30. The van der Waals surface area contributed by atoms with E-state index in [1.165, 1.54) is 6.20 Å². The molecule has 3 rings (SSSR count). The number of aromatic amines is 2. The minimum Gasteiger partial charge on any atom is -0.335 e. The lowest BCUT2D eigenvalue weighted by Crippen LogP contribution is -2.43. The van der Waals surface area contributed by atoms with Crippen molar-refractivity contribution in [1.29, 1.82) is 0 Å². The van der Waals surface area contributed by atoms with Gasteiger partial charge in [-0.05, 0) is 44.7 Å². The van der Waals surface area contributed by atoms with Crippen LogP contribution < -0.4 is 16.6 Å². The molecule has 7 nitrogen and oxygen atoms in total. The lowest BCUT2D eigenvalue weighted by atomic mass is 9.97. The SMILES string of the molecule is O=C(c1c[nH]c(=O)[nH]c1=O)N(CC1CCNCC1)C1CC1. The van der Waals surface area contributed by atoms with Crippen molar-refractivity contribution in [2.75, 3.05) is 19.6 Å². The highest BCUT2D eigenvalue weighted by molar-refractivity contribution is 5.93. The van der Waals surface area contributed by atoms with Crippen LogP contribution in [0.4, 0.5) is 0 Å². The van der Waals surface area contributed by atoms with Crippen LogP contribution in [0.25, 0.3) is 0 Å². The Morgan fingerprint density at radius 2 is 1.90 bits per heavy atom. The van der Waals surface area contributed by atoms with Crippen molar-refractivity contribution < 1.29 is 4.79 Å². The van der Waals surface area contributed by atoms with Crippen molar-refractivity contribution in [2.24, 2.45) is 5.92 Å². The van der Waals surface area contributed by atoms with E-state index in [2.05, 4.69) is 15.3 Å². The first-order valence-corrected chi connectivity index (χ1v) is 7.49. The number of hydrogen-bond donors (Lipinski definition) is 3. The van der Waals surface area contributed by atoms with Crippen LogP contribution in [0.5, 0.6) is 0 Å². The molecule has 0 unspecified atom stereocenters. The molecule has 1 aliphatic carbocycles. The van der Waals surface area contributed by atoms with Crippen LogP contribution in [-0.4, -0.2) is 46.5 Å². The summed E-state index contributed by atoms with van der Waals surface area (Å²) >= 11 is 0. The van der Waals surface area contributed by atoms with Gasteiger partial charge in [0.15, 0.2) is 0 Å². The van der Waals surface area contributed by atoms with Crippen LogP contribution in [0.1, 0.15) is 36.0 Å². The number of hydrogen-bond acceptors (Lipinski definition) is 4. The van der Waals surface area contributed by atoms with E-state index in [9.17, 15) is 14.4 Å². The Balaban J connectivity index is 1.78. The number of aromatic nitrogens is 2. The number of rotatable bonds is 4. The normalized spacial score (nSPS) is 19.4. The molecule has 2 fully saturated rings. The molecule has 7 heteroatoms. The average molecular weight is 292 g/mol. The number of nitrogens with zero attached hydrogens (tertiary/aromatic N) is 1. The molecule has 0 aromatic carbocycles. The fourth-order valence-corrected chi connectivity index (χ4v) is 2.85. The molecule has 1 amide bonds. The Hall–Kier alpha value is -1.89. The molecule has 0 spiro atoms. The molecule has 2 heterocycles. The molecular weight excluding hydrogens is 272 g/mol. The second kappa shape index (κ2) is 5.85. The van der Waals surface area contributed by atoms with Gasteiger partial charge < -0.3 is 15.2 Å². The Morgan fingerprint density at radius 3 is 2.52 bits per heavy atom. The van der Waals surface area contributed by atoms with E-state index in [0.29, 0.717) is 12.5 Å². The van der Waals surface area contributed by atoms with Crippen molar-refractivity contribution >= 4 is 5.91 Å². The highest BCUT2D eigenvalue weighted by Gasteiger charge is 2.35. The van der Waals surface area contributed by atoms with E-state index < -0.39 is 11.2 Å². The molecule has 2 aliphatic rings. The summed E-state index contributed by atoms with van der Waals surface area (Å²) in [5, 5.41) is 3.31. The lowest BCUT2D eigenvalue weighted by molar-refractivity contribution is 0.0699. The minimum atomic E-state index is -0.611. The number of amides is 1. The maximum Gasteiger partial charge on any atom is 0.325 e. The highest BCUT2D eigenvalue weighted by atomic mass is 16.2. The smallest absolute Gasteiger partial charge is 0.325 e. The van der Waals surface area contributed by atoms with Gasteiger partial charge in [-0.1, -0.05) is 0 Å². The van der Waals surface area contributed by atoms with E-state index in [4.69, 9.17) is 0 Å². The van der Waals surface area contributed by atoms with Crippen molar-refractivity contribution in [1.82, 2.24) is 20.2 Å². The predicted molar refractivity (Wildman–Crippen MR) is 77.3 cm³/mol. The molecule has 114 valence electrons. The molecule has 3 N–H and O–H groups in total. The molecule has 1 aromatic rings. The molecule has 1 aromatic heterocycles. The Labute approximate surface area is 121 Å². The van der Waals surface area contributed by atoms with Crippen LogP contribution in [0.3, 0.4) is 0 Å². The number of piperidine rings is 1. The van der Waals surface area contributed by atoms with Gasteiger partial charge in [-0.2, -0.15) is 0 Å². The topological polar surface area (TPSA) is 98.1 Å². The van der Waals surface area contributed by atoms with Crippen molar-refractivity contribution in [3.8, 4) is 0 Å². The van der Waals surface area contributed by atoms with Crippen LogP contribution >= 0.6 is 0 Å². The summed E-state index contributed by atoms with van der Waals surface area (Å²) in [6.07, 6.45) is 5.33. The van der Waals surface area contributed by atoms with E-state index >= 15 is 0 Å². The van der Waals surface area contributed by atoms with Gasteiger partial charge >= 0.3 is 5.69 Å². The lowest BCUT2D eigenvalue weighted by Gasteiger charge is -2.30. The van der Waals surface area contributed by atoms with E-state index in [-0.39, 0.29) is 17.5 Å². The summed E-state index contributed by atoms with van der Waals surface area (Å²) in [5.41, 5.74) is -1.18. The molecule has 1 aliphatic heterocycles. The maximum atomic E-state index is 12.6. The monoisotopic (exact) mass is 292 g/mol. The molecule has 21 heavy (non-hydrogen) atoms. The zero-order chi connectivity index (χ0) is 14.8. The van der Waals surface area contributed by atoms with Gasteiger partial charge in [0.05, 0.1) is 0 Å². The fraction of sp³-hybridized carbons (Fsp3) is 0.643. The fourth-order valence-electron chi connectivity index (χ4n) is 2.85. The number of carbonyl (C=O) groups excluding carboxylic acids is 1. The maximum absolute atomic E-state index is 12.6. The first-order valence-electron chi connectivity index (χ1n) is 7.49. The standard InChI is InChI=1S/C14H20N4O3/c19-12-11(7-16-14(21)17-12)13(20)18(10-1-2-10)8-9-3-5-15-6-4-9/h7,9-10,15H,1-6,8H2,(H2,16,17,19,21). The third-order valence-corrected chi connectivity index (χ3v) is 4.21. The van der Waals surface area contributed by atoms with Crippen LogP contribution in [-0.2, 0) is 0 Å². The second-order valence-corrected chi connectivity index (χ2v) is 5.87. The summed E-state index contributed by atoms with van der Waals surface area (Å²) in [6, 6.07) is 0.249. The van der Waals surface area contributed by atoms with Crippen LogP contribution in [0.2, 0.25) is 0 Å². The quantitative estimate of drug-likeness (QED) is 0.707. The minimum absolute atomic E-state index is 0.0236. The Kier molecular flexibility index (Phi) is 3.92. The molecule has 0 radical (unpaired) electrons. The number of carbonyl (C=O) groups is 1. The summed E-state index contributed by atoms with van der Waals surface area (Å²) in [5.74, 6) is 0.214. The Bertz CT molecular complexity index is 626. The van der Waals surface area contributed by atoms with Gasteiger partial charge in [0, 0.05) is 18.8 Å². The van der Waals surface area contributed by atoms with Gasteiger partial charge in [-0.3, -0.25) is 14.6 Å². The molecule has 1 saturated heterocycles. The van der Waals surface area contributed by atoms with E-state index in [1.54, 1.807) is 0 Å². The Morgan fingerprint density at radius 1 is 1.19 bits per heavy atom. The van der Waals surface area contributed by atoms with E-state index in [1.807, 2.05) is 4.90 Å². The zero-order valence-electron chi connectivity index (χ0n) is 11.9. The van der Waals surface area contributed by atoms with Crippen molar-refractivity contribution in [2.45, 2.75) is 31.7 Å². The largest absolute Gasteiger partial charge is 0.335 e. The third kappa shape index (κ3) is 3.24. The van der Waals surface area contributed by atoms with E-state index in [0.717, 1.165) is 38.8 Å². The second-order valence-electron chi connectivity index (χ2n) is 5.87. The van der Waals surface area contributed by atoms with Gasteiger partial charge in [-0.15, -0.1) is 0 Å². The van der Waals surface area contributed by atoms with Gasteiger partial charge in [0.2, 0.25) is 0 Å². The van der Waals surface area contributed by atoms with Crippen LogP contribution in [0, 0.1) is 5.92 Å². The third-order valence-electron chi connectivity index (χ3n) is 4.21. The first kappa shape index (κ1) is 14.1. The number of H-pyrrole nitrogens is 2. The first-order chi connectivity index (χ1) is 10.1. The number of nitrogens with one attached hydrogen (secondary N) is 3. The molecule has 1 saturated carbocycles. The molecule has 0 atom stereocenters. The van der Waals surface area contributed by atoms with Crippen molar-refractivity contribution in [3.05, 3.63) is 32.6 Å².